The number of nitrogens with one attached hydrogen (secondary N) is 1. The van der Waals surface area contributed by atoms with Crippen molar-refractivity contribution in [1.82, 2.24) is 5.32 Å². The van der Waals surface area contributed by atoms with E-state index in [1.165, 1.54) is 31.2 Å². The Morgan fingerprint density at radius 2 is 2.00 bits per heavy atom. The smallest absolute Gasteiger partial charge is 0.308 e. The summed E-state index contributed by atoms with van der Waals surface area (Å²) in [6.07, 6.45) is -0.415. The van der Waals surface area contributed by atoms with E-state index in [1.54, 1.807) is 0 Å². The van der Waals surface area contributed by atoms with Crippen molar-refractivity contribution in [2.24, 2.45) is 5.73 Å². The van der Waals surface area contributed by atoms with Crippen LogP contribution in [0.2, 0.25) is 0 Å². The first-order valence-corrected chi connectivity index (χ1v) is 6.40. The van der Waals surface area contributed by atoms with Crippen LogP contribution < -0.4 is 15.8 Å². The lowest BCUT2D eigenvalue weighted by Crippen LogP contribution is -2.44. The molecule has 0 saturated heterocycles. The molecule has 0 aliphatic carbocycles. The molecule has 2 amide bonds. The number of hydrogen-bond acceptors (Lipinski definition) is 5. The van der Waals surface area contributed by atoms with E-state index in [-0.39, 0.29) is 24.2 Å². The highest BCUT2D eigenvalue weighted by atomic mass is 16.5. The van der Waals surface area contributed by atoms with E-state index in [4.69, 9.17) is 15.6 Å². The minimum absolute atomic E-state index is 0.111. The molecule has 8 nitrogen and oxygen atoms in total. The summed E-state index contributed by atoms with van der Waals surface area (Å²) in [7, 11) is 0. The number of esters is 1. The molecule has 0 aromatic heterocycles. The fourth-order valence-electron chi connectivity index (χ4n) is 1.66. The number of nitrogens with two attached hydrogens (primary N) is 1. The second kappa shape index (κ2) is 7.77. The predicted octanol–water partition coefficient (Wildman–Crippen LogP) is 0.0604. The minimum atomic E-state index is -1.10. The van der Waals surface area contributed by atoms with Gasteiger partial charge in [0.25, 0.3) is 5.91 Å². The summed E-state index contributed by atoms with van der Waals surface area (Å²) in [4.78, 5) is 44.7. The fraction of sp³-hybridized carbons (Fsp3) is 0.286. The highest BCUT2D eigenvalue weighted by Crippen LogP contribution is 2.14. The van der Waals surface area contributed by atoms with Crippen molar-refractivity contribution in [3.05, 3.63) is 29.8 Å². The van der Waals surface area contributed by atoms with Crippen molar-refractivity contribution in [3.63, 3.8) is 0 Å². The Morgan fingerprint density at radius 1 is 1.32 bits per heavy atom. The molecule has 4 N–H and O–H groups in total. The summed E-state index contributed by atoms with van der Waals surface area (Å²) in [6.45, 7) is 1.22. The van der Waals surface area contributed by atoms with Crippen LogP contribution in [0.5, 0.6) is 5.75 Å². The van der Waals surface area contributed by atoms with Gasteiger partial charge in [-0.2, -0.15) is 0 Å². The van der Waals surface area contributed by atoms with Gasteiger partial charge in [0.05, 0.1) is 0 Å². The second-order valence-electron chi connectivity index (χ2n) is 4.48. The molecule has 0 fully saturated rings. The molecule has 1 aromatic rings. The third kappa shape index (κ3) is 5.61. The van der Waals surface area contributed by atoms with Gasteiger partial charge in [-0.15, -0.1) is 0 Å². The Balaban J connectivity index is 2.79. The zero-order valence-corrected chi connectivity index (χ0v) is 11.9. The van der Waals surface area contributed by atoms with Crippen molar-refractivity contribution in [1.29, 1.82) is 0 Å². The van der Waals surface area contributed by atoms with Crippen molar-refractivity contribution < 1.29 is 29.0 Å². The van der Waals surface area contributed by atoms with Crippen LogP contribution in [0.1, 0.15) is 30.1 Å². The molecule has 0 radical (unpaired) electrons. The lowest BCUT2D eigenvalue weighted by atomic mass is 10.1. The highest BCUT2D eigenvalue weighted by molar-refractivity contribution is 5.97. The van der Waals surface area contributed by atoms with Crippen LogP contribution in [0.15, 0.2) is 24.3 Å². The lowest BCUT2D eigenvalue weighted by molar-refractivity contribution is -0.137. The van der Waals surface area contributed by atoms with Crippen LogP contribution in [0.3, 0.4) is 0 Å². The summed E-state index contributed by atoms with van der Waals surface area (Å²) in [5, 5.41) is 11.0. The molecule has 0 aliphatic heterocycles. The lowest BCUT2D eigenvalue weighted by Gasteiger charge is -2.14. The van der Waals surface area contributed by atoms with Gasteiger partial charge in [-0.3, -0.25) is 19.2 Å². The van der Waals surface area contributed by atoms with Gasteiger partial charge in [-0.1, -0.05) is 6.07 Å². The molecular formula is C14H16N2O6. The maximum atomic E-state index is 12.0. The van der Waals surface area contributed by atoms with Gasteiger partial charge in [-0.25, -0.2) is 0 Å². The minimum Gasteiger partial charge on any atom is -0.481 e. The molecule has 0 spiro atoms. The fourth-order valence-corrected chi connectivity index (χ4v) is 1.66. The van der Waals surface area contributed by atoms with E-state index in [0.717, 1.165) is 0 Å². The number of hydrogen-bond donors (Lipinski definition) is 3. The normalized spacial score (nSPS) is 11.3. The van der Waals surface area contributed by atoms with E-state index < -0.39 is 29.8 Å². The molecular weight excluding hydrogens is 292 g/mol. The van der Waals surface area contributed by atoms with Crippen molar-refractivity contribution >= 4 is 23.8 Å². The number of benzene rings is 1. The van der Waals surface area contributed by atoms with Crippen LogP contribution in [0.25, 0.3) is 0 Å². The molecule has 118 valence electrons. The molecule has 1 aromatic carbocycles. The van der Waals surface area contributed by atoms with Gasteiger partial charge >= 0.3 is 11.9 Å². The molecule has 0 aliphatic rings. The summed E-state index contributed by atoms with van der Waals surface area (Å²) >= 11 is 0. The summed E-state index contributed by atoms with van der Waals surface area (Å²) < 4.78 is 4.85. The number of carbonyl (C=O) groups is 4. The maximum Gasteiger partial charge on any atom is 0.308 e. The first-order valence-electron chi connectivity index (χ1n) is 6.40. The number of primary amides is 1. The number of ether oxygens (including phenoxy) is 1. The number of carboxylic acids is 1. The average Bonchev–Trinajstić information content (AvgIpc) is 2.42. The Kier molecular flexibility index (Phi) is 6.06. The second-order valence-corrected chi connectivity index (χ2v) is 4.48. The summed E-state index contributed by atoms with van der Waals surface area (Å²) in [6, 6.07) is 4.68. The molecule has 1 atom stereocenters. The number of carbonyl (C=O) groups excluding carboxylic acids is 3. The quantitative estimate of drug-likeness (QED) is 0.481. The predicted molar refractivity (Wildman–Crippen MR) is 75.1 cm³/mol. The summed E-state index contributed by atoms with van der Waals surface area (Å²) in [5.41, 5.74) is 5.28. The van der Waals surface area contributed by atoms with Gasteiger partial charge in [0.1, 0.15) is 11.8 Å². The number of amides is 2. The Labute approximate surface area is 126 Å². The molecule has 8 heteroatoms. The molecule has 0 saturated carbocycles. The van der Waals surface area contributed by atoms with Gasteiger partial charge < -0.3 is 20.9 Å². The highest BCUT2D eigenvalue weighted by Gasteiger charge is 2.20. The SMILES string of the molecule is CC(=O)Oc1cccc(C(=O)N[C@H](CCC(=O)O)C(N)=O)c1. The molecule has 1 rings (SSSR count). The Hall–Kier alpha value is -2.90. The average molecular weight is 308 g/mol. The standard InChI is InChI=1S/C14H16N2O6/c1-8(17)22-10-4-2-3-9(7-10)14(21)16-11(13(15)20)5-6-12(18)19/h2-4,7,11H,5-6H2,1H3,(H2,15,20)(H,16,21)(H,18,19)/t11-/m1/s1. The van der Waals surface area contributed by atoms with Crippen molar-refractivity contribution in [2.45, 2.75) is 25.8 Å². The van der Waals surface area contributed by atoms with E-state index in [1.807, 2.05) is 0 Å². The number of aliphatic carboxylic acids is 1. The first kappa shape index (κ1) is 17.2. The van der Waals surface area contributed by atoms with Gasteiger partial charge in [0.2, 0.25) is 5.91 Å². The van der Waals surface area contributed by atoms with E-state index >= 15 is 0 Å². The molecule has 0 heterocycles. The monoisotopic (exact) mass is 308 g/mol. The first-order chi connectivity index (χ1) is 10.3. The van der Waals surface area contributed by atoms with Gasteiger partial charge in [-0.05, 0) is 24.6 Å². The largest absolute Gasteiger partial charge is 0.481 e. The van der Waals surface area contributed by atoms with Crippen molar-refractivity contribution in [3.8, 4) is 5.75 Å². The third-order valence-corrected chi connectivity index (χ3v) is 2.65. The van der Waals surface area contributed by atoms with Crippen LogP contribution in [0, 0.1) is 0 Å². The zero-order chi connectivity index (χ0) is 16.7. The number of carboxylic acid groups (broad SMARTS) is 1. The molecule has 0 bridgehead atoms. The van der Waals surface area contributed by atoms with Crippen LogP contribution in [0.4, 0.5) is 0 Å². The van der Waals surface area contributed by atoms with E-state index in [2.05, 4.69) is 5.32 Å². The maximum absolute atomic E-state index is 12.0. The van der Waals surface area contributed by atoms with Crippen molar-refractivity contribution in [2.75, 3.05) is 0 Å². The van der Waals surface area contributed by atoms with Crippen LogP contribution in [-0.2, 0) is 14.4 Å². The van der Waals surface area contributed by atoms with E-state index in [0.29, 0.717) is 0 Å². The van der Waals surface area contributed by atoms with Crippen LogP contribution >= 0.6 is 0 Å². The Morgan fingerprint density at radius 3 is 2.55 bits per heavy atom. The molecule has 22 heavy (non-hydrogen) atoms. The third-order valence-electron chi connectivity index (χ3n) is 2.65. The zero-order valence-electron chi connectivity index (χ0n) is 11.9. The van der Waals surface area contributed by atoms with Crippen LogP contribution in [-0.4, -0.2) is 34.9 Å². The van der Waals surface area contributed by atoms with Gasteiger partial charge in [0.15, 0.2) is 0 Å². The van der Waals surface area contributed by atoms with Gasteiger partial charge in [0, 0.05) is 18.9 Å². The molecule has 0 unspecified atom stereocenters. The Bertz CT molecular complexity index is 599. The van der Waals surface area contributed by atoms with E-state index in [9.17, 15) is 19.2 Å². The number of rotatable bonds is 7. The summed E-state index contributed by atoms with van der Waals surface area (Å²) in [5.74, 6) is -2.90. The topological polar surface area (TPSA) is 136 Å².